The number of hydrogen-bond donors (Lipinski definition) is 1. The van der Waals surface area contributed by atoms with Gasteiger partial charge in [0, 0.05) is 17.4 Å². The van der Waals surface area contributed by atoms with Crippen LogP contribution in [0.2, 0.25) is 0 Å². The molecular formula is C7H7F3N2O. The van der Waals surface area contributed by atoms with Crippen molar-refractivity contribution in [1.82, 2.24) is 4.57 Å². The van der Waals surface area contributed by atoms with Crippen molar-refractivity contribution in [1.29, 1.82) is 0 Å². The average molecular weight is 192 g/mol. The molecule has 72 valence electrons. The average Bonchev–Trinajstić information content (AvgIpc) is 1.78. The highest BCUT2D eigenvalue weighted by molar-refractivity contribution is 5.37. The summed E-state index contributed by atoms with van der Waals surface area (Å²) < 4.78 is 36.2. The van der Waals surface area contributed by atoms with Crippen molar-refractivity contribution in [2.45, 2.75) is 13.2 Å². The van der Waals surface area contributed by atoms with E-state index in [1.165, 1.54) is 6.92 Å². The van der Waals surface area contributed by atoms with Gasteiger partial charge in [-0.2, -0.15) is 0 Å². The van der Waals surface area contributed by atoms with Gasteiger partial charge in [-0.15, -0.1) is 13.2 Å². The minimum absolute atomic E-state index is 0.0306. The maximum atomic E-state index is 12.2. The lowest BCUT2D eigenvalue weighted by molar-refractivity contribution is -0.207. The summed E-state index contributed by atoms with van der Waals surface area (Å²) in [5.41, 5.74) is 3.83. The molecular weight excluding hydrogens is 185 g/mol. The summed E-state index contributed by atoms with van der Waals surface area (Å²) in [6.07, 6.45) is -4.69. The van der Waals surface area contributed by atoms with E-state index in [-0.39, 0.29) is 15.9 Å². The summed E-state index contributed by atoms with van der Waals surface area (Å²) in [6, 6.07) is 1.83. The van der Waals surface area contributed by atoms with Crippen LogP contribution in [0.4, 0.5) is 18.9 Å². The zero-order valence-corrected chi connectivity index (χ0v) is 6.72. The minimum atomic E-state index is -4.69. The molecule has 0 saturated carbocycles. The van der Waals surface area contributed by atoms with Gasteiger partial charge in [0.15, 0.2) is 0 Å². The van der Waals surface area contributed by atoms with Gasteiger partial charge in [0.25, 0.3) is 5.56 Å². The van der Waals surface area contributed by atoms with Gasteiger partial charge in [-0.1, -0.05) is 0 Å². The lowest BCUT2D eigenvalue weighted by Crippen LogP contribution is -2.32. The number of aromatic nitrogens is 1. The lowest BCUT2D eigenvalue weighted by Gasteiger charge is -2.12. The maximum absolute atomic E-state index is 12.2. The van der Waals surface area contributed by atoms with Crippen molar-refractivity contribution >= 4 is 5.69 Å². The van der Waals surface area contributed by atoms with Crippen LogP contribution >= 0.6 is 0 Å². The molecule has 6 heteroatoms. The molecule has 1 rings (SSSR count). The predicted molar refractivity (Wildman–Crippen MR) is 41.1 cm³/mol. The first-order chi connectivity index (χ1) is 5.82. The molecule has 13 heavy (non-hydrogen) atoms. The summed E-state index contributed by atoms with van der Waals surface area (Å²) in [4.78, 5) is 10.9. The van der Waals surface area contributed by atoms with E-state index in [1.807, 2.05) is 0 Å². The number of nitrogens with two attached hydrogens (primary N) is 1. The van der Waals surface area contributed by atoms with Crippen molar-refractivity contribution in [3.05, 3.63) is 28.2 Å². The SMILES string of the molecule is Cc1cc(N)cc(=O)n1C(F)(F)F. The highest BCUT2D eigenvalue weighted by Gasteiger charge is 2.33. The number of alkyl halides is 3. The number of halogens is 3. The Morgan fingerprint density at radius 3 is 2.31 bits per heavy atom. The van der Waals surface area contributed by atoms with Crippen molar-refractivity contribution in [2.75, 3.05) is 5.73 Å². The fourth-order valence-electron chi connectivity index (χ4n) is 1.05. The Balaban J connectivity index is 3.47. The fraction of sp³-hybridized carbons (Fsp3) is 0.286. The Morgan fingerprint density at radius 1 is 1.38 bits per heavy atom. The summed E-state index contributed by atoms with van der Waals surface area (Å²) in [5.74, 6) is 0. The van der Waals surface area contributed by atoms with Crippen LogP contribution in [0.5, 0.6) is 0 Å². The quantitative estimate of drug-likeness (QED) is 0.671. The van der Waals surface area contributed by atoms with E-state index >= 15 is 0 Å². The molecule has 0 aliphatic carbocycles. The van der Waals surface area contributed by atoms with Gasteiger partial charge in [0.05, 0.1) is 0 Å². The Labute approximate surface area is 71.6 Å². The fourth-order valence-corrected chi connectivity index (χ4v) is 1.05. The summed E-state index contributed by atoms with van der Waals surface area (Å²) in [7, 11) is 0. The Morgan fingerprint density at radius 2 is 1.92 bits per heavy atom. The number of nitrogen functional groups attached to an aromatic ring is 1. The molecule has 0 bridgehead atoms. The second kappa shape index (κ2) is 2.79. The predicted octanol–water partition coefficient (Wildman–Crippen LogP) is 1.22. The molecule has 1 aromatic heterocycles. The van der Waals surface area contributed by atoms with Crippen LogP contribution in [0.15, 0.2) is 16.9 Å². The van der Waals surface area contributed by atoms with E-state index in [2.05, 4.69) is 0 Å². The normalized spacial score (nSPS) is 11.7. The van der Waals surface area contributed by atoms with Crippen LogP contribution in [0.25, 0.3) is 0 Å². The smallest absolute Gasteiger partial charge is 0.399 e. The Bertz CT molecular complexity index is 380. The number of rotatable bonds is 0. The van der Waals surface area contributed by atoms with Crippen LogP contribution in [0, 0.1) is 6.92 Å². The van der Waals surface area contributed by atoms with Crippen molar-refractivity contribution in [3.63, 3.8) is 0 Å². The Kier molecular flexibility index (Phi) is 2.07. The van der Waals surface area contributed by atoms with Crippen LogP contribution < -0.4 is 11.3 Å². The van der Waals surface area contributed by atoms with Crippen LogP contribution in [0.3, 0.4) is 0 Å². The maximum Gasteiger partial charge on any atom is 0.491 e. The largest absolute Gasteiger partial charge is 0.491 e. The highest BCUT2D eigenvalue weighted by atomic mass is 19.4. The molecule has 1 heterocycles. The van der Waals surface area contributed by atoms with Gasteiger partial charge in [-0.3, -0.25) is 4.79 Å². The molecule has 2 N–H and O–H groups in total. The monoisotopic (exact) mass is 192 g/mol. The first-order valence-corrected chi connectivity index (χ1v) is 3.39. The standard InChI is InChI=1S/C7H7F3N2O/c1-4-2-5(11)3-6(13)12(4)7(8,9)10/h2-3H,11H2,1H3. The van der Waals surface area contributed by atoms with Crippen LogP contribution in [0.1, 0.15) is 5.69 Å². The molecule has 0 saturated heterocycles. The molecule has 0 aliphatic heterocycles. The molecule has 1 aromatic rings. The van der Waals surface area contributed by atoms with E-state index in [9.17, 15) is 18.0 Å². The zero-order valence-electron chi connectivity index (χ0n) is 6.72. The highest BCUT2D eigenvalue weighted by Crippen LogP contribution is 2.22. The van der Waals surface area contributed by atoms with Crippen molar-refractivity contribution in [3.8, 4) is 0 Å². The van der Waals surface area contributed by atoms with Gasteiger partial charge in [-0.05, 0) is 13.0 Å². The van der Waals surface area contributed by atoms with E-state index in [0.29, 0.717) is 0 Å². The molecule has 0 fully saturated rings. The molecule has 3 nitrogen and oxygen atoms in total. The van der Waals surface area contributed by atoms with Crippen LogP contribution in [-0.2, 0) is 6.30 Å². The van der Waals surface area contributed by atoms with E-state index in [0.717, 1.165) is 12.1 Å². The summed E-state index contributed by atoms with van der Waals surface area (Å²) >= 11 is 0. The van der Waals surface area contributed by atoms with Gasteiger partial charge in [0.2, 0.25) is 0 Å². The third kappa shape index (κ3) is 1.82. The first kappa shape index (κ1) is 9.63. The van der Waals surface area contributed by atoms with E-state index < -0.39 is 11.9 Å². The Hall–Kier alpha value is -1.46. The number of aryl methyl sites for hydroxylation is 1. The molecule has 0 radical (unpaired) electrons. The molecule has 0 unspecified atom stereocenters. The molecule has 0 aliphatic rings. The van der Waals surface area contributed by atoms with E-state index in [4.69, 9.17) is 5.73 Å². The zero-order chi connectivity index (χ0) is 10.2. The molecule has 0 amide bonds. The van der Waals surface area contributed by atoms with Gasteiger partial charge in [-0.25, -0.2) is 4.57 Å². The minimum Gasteiger partial charge on any atom is -0.399 e. The third-order valence-corrected chi connectivity index (χ3v) is 1.49. The third-order valence-electron chi connectivity index (χ3n) is 1.49. The molecule has 0 atom stereocenters. The second-order valence-corrected chi connectivity index (χ2v) is 2.57. The van der Waals surface area contributed by atoms with Gasteiger partial charge >= 0.3 is 6.30 Å². The number of hydrogen-bond acceptors (Lipinski definition) is 2. The topological polar surface area (TPSA) is 48.0 Å². The first-order valence-electron chi connectivity index (χ1n) is 3.39. The molecule has 0 spiro atoms. The molecule has 0 aromatic carbocycles. The van der Waals surface area contributed by atoms with Crippen molar-refractivity contribution < 1.29 is 13.2 Å². The van der Waals surface area contributed by atoms with Gasteiger partial charge in [0.1, 0.15) is 0 Å². The van der Waals surface area contributed by atoms with E-state index in [1.54, 1.807) is 0 Å². The second-order valence-electron chi connectivity index (χ2n) is 2.57. The van der Waals surface area contributed by atoms with Crippen LogP contribution in [-0.4, -0.2) is 4.57 Å². The number of nitrogens with zero attached hydrogens (tertiary/aromatic N) is 1. The number of pyridine rings is 1. The lowest BCUT2D eigenvalue weighted by atomic mass is 10.3. The summed E-state index contributed by atoms with van der Waals surface area (Å²) in [6.45, 7) is 1.17. The van der Waals surface area contributed by atoms with Crippen molar-refractivity contribution in [2.24, 2.45) is 0 Å². The summed E-state index contributed by atoms with van der Waals surface area (Å²) in [5, 5.41) is 0. The van der Waals surface area contributed by atoms with Gasteiger partial charge < -0.3 is 5.73 Å². The number of anilines is 1.